The lowest BCUT2D eigenvalue weighted by Crippen LogP contribution is -2.52. The molecule has 2 unspecified atom stereocenters. The van der Waals surface area contributed by atoms with Gasteiger partial charge in [0.2, 0.25) is 0 Å². The van der Waals surface area contributed by atoms with Crippen molar-refractivity contribution in [1.82, 2.24) is 0 Å². The monoisotopic (exact) mass is 460 g/mol. The second-order valence-corrected chi connectivity index (χ2v) is 11.2. The van der Waals surface area contributed by atoms with E-state index in [-0.39, 0.29) is 28.3 Å². The summed E-state index contributed by atoms with van der Waals surface area (Å²) in [4.78, 5) is 26.3. The molecule has 33 heavy (non-hydrogen) atoms. The number of halogens is 3. The summed E-state index contributed by atoms with van der Waals surface area (Å²) in [5.74, 6) is -0.517. The summed E-state index contributed by atoms with van der Waals surface area (Å²) in [6.45, 7) is 4.37. The van der Waals surface area contributed by atoms with E-state index in [0.29, 0.717) is 24.2 Å². The number of benzene rings is 1. The molecule has 1 N–H and O–H groups in total. The SMILES string of the molecule is C[C@]12CC(C(=O)c3cccc(C(F)(F)F)c3)C(=O)C=C1CC[C@@H]1[C@H]2CC[C@]2(C)C(O)CC[C@@H]12. The van der Waals surface area contributed by atoms with Crippen LogP contribution >= 0.6 is 0 Å². The largest absolute Gasteiger partial charge is 0.416 e. The van der Waals surface area contributed by atoms with Crippen LogP contribution in [0.1, 0.15) is 74.7 Å². The third kappa shape index (κ3) is 3.43. The van der Waals surface area contributed by atoms with Crippen LogP contribution in [0.15, 0.2) is 35.9 Å². The van der Waals surface area contributed by atoms with E-state index >= 15 is 0 Å². The van der Waals surface area contributed by atoms with Crippen LogP contribution in [0.3, 0.4) is 0 Å². The predicted molar refractivity (Wildman–Crippen MR) is 117 cm³/mol. The number of alkyl halides is 3. The number of carbonyl (C=O) groups is 2. The molecule has 0 saturated heterocycles. The van der Waals surface area contributed by atoms with Crippen LogP contribution in [0.5, 0.6) is 0 Å². The summed E-state index contributed by atoms with van der Waals surface area (Å²) in [5.41, 5.74) is -0.192. The van der Waals surface area contributed by atoms with Crippen molar-refractivity contribution in [3.63, 3.8) is 0 Å². The molecule has 0 radical (unpaired) electrons. The first-order valence-electron chi connectivity index (χ1n) is 12.1. The van der Waals surface area contributed by atoms with Gasteiger partial charge in [-0.2, -0.15) is 13.2 Å². The Kier molecular flexibility index (Phi) is 5.20. The molecular weight excluding hydrogens is 429 g/mol. The standard InChI is InChI=1S/C27H31F3O3/c1-25-11-10-21-18(20(25)8-9-23(25)32)7-6-16-13-22(31)19(14-26(16,21)2)24(33)15-4-3-5-17(12-15)27(28,29)30/h3-5,12-13,18-21,23,32H,6-11,14H2,1-2H3/t18-,19?,20-,21+,23?,25-,26-/m0/s1. The van der Waals surface area contributed by atoms with Crippen molar-refractivity contribution in [3.05, 3.63) is 47.0 Å². The average Bonchev–Trinajstić information content (AvgIpc) is 3.07. The highest BCUT2D eigenvalue weighted by Gasteiger charge is 2.59. The van der Waals surface area contributed by atoms with Crippen LogP contribution in [0.4, 0.5) is 13.2 Å². The number of rotatable bonds is 2. The lowest BCUT2D eigenvalue weighted by molar-refractivity contribution is -0.137. The number of allylic oxidation sites excluding steroid dienone is 1. The maximum Gasteiger partial charge on any atom is 0.416 e. The molecule has 4 aliphatic carbocycles. The number of ketones is 2. The molecule has 0 spiro atoms. The van der Waals surface area contributed by atoms with Crippen LogP contribution in [0.2, 0.25) is 0 Å². The molecule has 6 heteroatoms. The topological polar surface area (TPSA) is 54.4 Å². The number of Topliss-reactive ketones (excluding diaryl/α,β-unsaturated/α-hetero) is 1. The molecule has 3 saturated carbocycles. The Balaban J connectivity index is 1.45. The van der Waals surface area contributed by atoms with Gasteiger partial charge in [0.05, 0.1) is 17.6 Å². The number of carbonyl (C=O) groups excluding carboxylic acids is 2. The number of aliphatic hydroxyl groups is 1. The van der Waals surface area contributed by atoms with Crippen LogP contribution in [0.25, 0.3) is 0 Å². The van der Waals surface area contributed by atoms with Gasteiger partial charge in [0, 0.05) is 5.56 Å². The summed E-state index contributed by atoms with van der Waals surface area (Å²) in [6.07, 6.45) is 2.73. The van der Waals surface area contributed by atoms with Gasteiger partial charge in [0.1, 0.15) is 0 Å². The maximum absolute atomic E-state index is 13.3. The molecule has 0 aliphatic heterocycles. The minimum atomic E-state index is -4.54. The van der Waals surface area contributed by atoms with Gasteiger partial charge in [-0.05, 0) is 91.7 Å². The molecule has 0 aromatic heterocycles. The number of hydrogen-bond donors (Lipinski definition) is 1. The first kappa shape index (κ1) is 22.8. The highest BCUT2D eigenvalue weighted by atomic mass is 19.4. The van der Waals surface area contributed by atoms with E-state index in [1.54, 1.807) is 6.08 Å². The van der Waals surface area contributed by atoms with Crippen molar-refractivity contribution < 1.29 is 27.9 Å². The van der Waals surface area contributed by atoms with E-state index in [1.807, 2.05) is 0 Å². The zero-order valence-electron chi connectivity index (χ0n) is 19.1. The molecule has 4 aliphatic rings. The Morgan fingerprint density at radius 3 is 2.58 bits per heavy atom. The molecule has 0 amide bonds. The Morgan fingerprint density at radius 1 is 1.09 bits per heavy atom. The number of fused-ring (bicyclic) bond motifs is 5. The minimum Gasteiger partial charge on any atom is -0.393 e. The number of hydrogen-bond acceptors (Lipinski definition) is 3. The third-order valence-electron chi connectivity index (χ3n) is 9.77. The van der Waals surface area contributed by atoms with Gasteiger partial charge in [-0.25, -0.2) is 0 Å². The fourth-order valence-electron chi connectivity index (χ4n) is 7.89. The van der Waals surface area contributed by atoms with E-state index in [2.05, 4.69) is 13.8 Å². The molecule has 178 valence electrons. The van der Waals surface area contributed by atoms with Gasteiger partial charge in [0.25, 0.3) is 0 Å². The van der Waals surface area contributed by atoms with Crippen molar-refractivity contribution in [2.24, 2.45) is 34.5 Å². The smallest absolute Gasteiger partial charge is 0.393 e. The third-order valence-corrected chi connectivity index (χ3v) is 9.77. The molecule has 0 bridgehead atoms. The molecule has 3 nitrogen and oxygen atoms in total. The Bertz CT molecular complexity index is 1030. The lowest BCUT2D eigenvalue weighted by Gasteiger charge is -2.58. The first-order valence-corrected chi connectivity index (χ1v) is 12.1. The molecule has 0 heterocycles. The van der Waals surface area contributed by atoms with Crippen molar-refractivity contribution in [1.29, 1.82) is 0 Å². The average molecular weight is 461 g/mol. The molecule has 1 aromatic carbocycles. The van der Waals surface area contributed by atoms with Crippen molar-refractivity contribution in [2.45, 2.75) is 71.1 Å². The van der Waals surface area contributed by atoms with Crippen LogP contribution in [-0.4, -0.2) is 22.8 Å². The zero-order chi connectivity index (χ0) is 23.8. The van der Waals surface area contributed by atoms with Crippen LogP contribution in [-0.2, 0) is 11.0 Å². The highest BCUT2D eigenvalue weighted by Crippen LogP contribution is 2.65. The first-order chi connectivity index (χ1) is 15.4. The van der Waals surface area contributed by atoms with E-state index in [0.717, 1.165) is 56.2 Å². The van der Waals surface area contributed by atoms with Gasteiger partial charge < -0.3 is 5.11 Å². The summed E-state index contributed by atoms with van der Waals surface area (Å²) in [7, 11) is 0. The lowest BCUT2D eigenvalue weighted by atomic mass is 9.46. The molecule has 3 fully saturated rings. The number of aliphatic hydroxyl groups excluding tert-OH is 1. The van der Waals surface area contributed by atoms with E-state index in [1.165, 1.54) is 12.1 Å². The summed E-state index contributed by atoms with van der Waals surface area (Å²) in [6, 6.07) is 4.42. The predicted octanol–water partition coefficient (Wildman–Crippen LogP) is 6.01. The second-order valence-electron chi connectivity index (χ2n) is 11.2. The van der Waals surface area contributed by atoms with Crippen molar-refractivity contribution >= 4 is 11.6 Å². The molecule has 5 rings (SSSR count). The van der Waals surface area contributed by atoms with Gasteiger partial charge in [-0.3, -0.25) is 9.59 Å². The van der Waals surface area contributed by atoms with Crippen molar-refractivity contribution in [2.75, 3.05) is 0 Å². The molecule has 1 aromatic rings. The second kappa shape index (κ2) is 7.53. The fraction of sp³-hybridized carbons (Fsp3) is 0.630. The van der Waals surface area contributed by atoms with E-state index in [4.69, 9.17) is 0 Å². The fourth-order valence-corrected chi connectivity index (χ4v) is 7.89. The van der Waals surface area contributed by atoms with E-state index in [9.17, 15) is 27.9 Å². The summed E-state index contributed by atoms with van der Waals surface area (Å²) < 4.78 is 39.5. The molecular formula is C27H31F3O3. The normalized spacial score (nSPS) is 40.5. The van der Waals surface area contributed by atoms with E-state index < -0.39 is 23.4 Å². The Morgan fingerprint density at radius 2 is 1.85 bits per heavy atom. The highest BCUT2D eigenvalue weighted by molar-refractivity contribution is 6.14. The zero-order valence-corrected chi connectivity index (χ0v) is 19.1. The minimum absolute atomic E-state index is 0.0499. The van der Waals surface area contributed by atoms with Gasteiger partial charge in [-0.1, -0.05) is 31.6 Å². The maximum atomic E-state index is 13.3. The van der Waals surface area contributed by atoms with Crippen molar-refractivity contribution in [3.8, 4) is 0 Å². The Hall–Kier alpha value is -1.95. The quantitative estimate of drug-likeness (QED) is 0.435. The molecule has 7 atom stereocenters. The van der Waals surface area contributed by atoms with Crippen LogP contribution in [0, 0.1) is 34.5 Å². The van der Waals surface area contributed by atoms with Gasteiger partial charge in [-0.15, -0.1) is 0 Å². The Labute approximate surface area is 192 Å². The van der Waals surface area contributed by atoms with Crippen LogP contribution < -0.4 is 0 Å². The van der Waals surface area contributed by atoms with Gasteiger partial charge in [0.15, 0.2) is 11.6 Å². The summed E-state index contributed by atoms with van der Waals surface area (Å²) in [5, 5.41) is 10.6. The van der Waals surface area contributed by atoms with Gasteiger partial charge >= 0.3 is 6.18 Å². The summed E-state index contributed by atoms with van der Waals surface area (Å²) >= 11 is 0.